The maximum atomic E-state index is 12.7. The number of hydrogen-bond donors (Lipinski definition) is 1. The van der Waals surface area contributed by atoms with Gasteiger partial charge in [-0.3, -0.25) is 4.79 Å². The quantitative estimate of drug-likeness (QED) is 0.760. The highest BCUT2D eigenvalue weighted by Crippen LogP contribution is 2.29. The van der Waals surface area contributed by atoms with Crippen LogP contribution < -0.4 is 10.1 Å². The number of carbonyl (C=O) groups excluding carboxylic acids is 1. The third kappa shape index (κ3) is 2.78. The van der Waals surface area contributed by atoms with Crippen molar-refractivity contribution in [3.63, 3.8) is 0 Å². The molecule has 116 valence electrons. The number of carbonyl (C=O) groups is 1. The zero-order valence-electron chi connectivity index (χ0n) is 13.5. The van der Waals surface area contributed by atoms with Gasteiger partial charge >= 0.3 is 0 Å². The fraction of sp³-hybridized carbons (Fsp3) is 0.150. The van der Waals surface area contributed by atoms with E-state index in [2.05, 4.69) is 5.32 Å². The number of methoxy groups -OCH3 is 1. The Labute approximate surface area is 135 Å². The molecule has 0 aromatic heterocycles. The number of benzene rings is 3. The van der Waals surface area contributed by atoms with Gasteiger partial charge in [-0.15, -0.1) is 0 Å². The lowest BCUT2D eigenvalue weighted by Crippen LogP contribution is -2.13. The molecule has 0 aliphatic carbocycles. The van der Waals surface area contributed by atoms with Gasteiger partial charge < -0.3 is 10.1 Å². The standard InChI is InChI=1S/C20H19NO2/c1-13-7-6-10-18(14(13)2)21-20(22)17-11-12-19(23-3)16-9-5-4-8-15(16)17/h4-12H,1-3H3,(H,21,22). The molecule has 3 aromatic carbocycles. The largest absolute Gasteiger partial charge is 0.496 e. The van der Waals surface area contributed by atoms with Crippen molar-refractivity contribution >= 4 is 22.4 Å². The number of rotatable bonds is 3. The molecule has 0 spiro atoms. The Kier molecular flexibility index (Phi) is 4.02. The molecule has 1 N–H and O–H groups in total. The summed E-state index contributed by atoms with van der Waals surface area (Å²) in [6.07, 6.45) is 0. The van der Waals surface area contributed by atoms with Crippen molar-refractivity contribution in [1.82, 2.24) is 0 Å². The van der Waals surface area contributed by atoms with Crippen LogP contribution in [0, 0.1) is 13.8 Å². The van der Waals surface area contributed by atoms with E-state index in [-0.39, 0.29) is 5.91 Å². The third-order valence-electron chi connectivity index (χ3n) is 4.20. The second-order valence-corrected chi connectivity index (χ2v) is 5.56. The first-order valence-electron chi connectivity index (χ1n) is 7.55. The zero-order valence-corrected chi connectivity index (χ0v) is 13.5. The molecule has 0 saturated heterocycles. The maximum absolute atomic E-state index is 12.7. The summed E-state index contributed by atoms with van der Waals surface area (Å²) < 4.78 is 5.38. The maximum Gasteiger partial charge on any atom is 0.256 e. The van der Waals surface area contributed by atoms with Crippen LogP contribution >= 0.6 is 0 Å². The number of aryl methyl sites for hydroxylation is 1. The van der Waals surface area contributed by atoms with E-state index in [1.807, 2.05) is 68.4 Å². The van der Waals surface area contributed by atoms with Crippen LogP contribution in [0.15, 0.2) is 54.6 Å². The Balaban J connectivity index is 2.03. The number of nitrogens with one attached hydrogen (secondary N) is 1. The van der Waals surface area contributed by atoms with Crippen LogP contribution in [-0.2, 0) is 0 Å². The Morgan fingerprint density at radius 2 is 1.65 bits per heavy atom. The van der Waals surface area contributed by atoms with Gasteiger partial charge in [0.25, 0.3) is 5.91 Å². The molecule has 0 radical (unpaired) electrons. The van der Waals surface area contributed by atoms with Crippen molar-refractivity contribution in [2.45, 2.75) is 13.8 Å². The molecule has 0 heterocycles. The highest BCUT2D eigenvalue weighted by Gasteiger charge is 2.14. The summed E-state index contributed by atoms with van der Waals surface area (Å²) in [6.45, 7) is 4.05. The molecule has 1 amide bonds. The van der Waals surface area contributed by atoms with E-state index < -0.39 is 0 Å². The first-order valence-corrected chi connectivity index (χ1v) is 7.55. The molecular formula is C20H19NO2. The van der Waals surface area contributed by atoms with Crippen molar-refractivity contribution in [2.75, 3.05) is 12.4 Å². The van der Waals surface area contributed by atoms with Crippen molar-refractivity contribution in [3.05, 3.63) is 71.3 Å². The van der Waals surface area contributed by atoms with E-state index in [1.165, 1.54) is 0 Å². The summed E-state index contributed by atoms with van der Waals surface area (Å²) >= 11 is 0. The molecule has 0 saturated carbocycles. The third-order valence-corrected chi connectivity index (χ3v) is 4.20. The number of ether oxygens (including phenoxy) is 1. The topological polar surface area (TPSA) is 38.3 Å². The second kappa shape index (κ2) is 6.13. The van der Waals surface area contributed by atoms with Gasteiger partial charge in [0.1, 0.15) is 5.75 Å². The summed E-state index contributed by atoms with van der Waals surface area (Å²) in [5, 5.41) is 4.84. The van der Waals surface area contributed by atoms with Gasteiger partial charge in [0.05, 0.1) is 7.11 Å². The summed E-state index contributed by atoms with van der Waals surface area (Å²) in [5.74, 6) is 0.654. The monoisotopic (exact) mass is 305 g/mol. The van der Waals surface area contributed by atoms with Crippen LogP contribution in [0.4, 0.5) is 5.69 Å². The molecule has 0 bridgehead atoms. The average Bonchev–Trinajstić information content (AvgIpc) is 2.58. The fourth-order valence-electron chi connectivity index (χ4n) is 2.72. The molecule has 3 aromatic rings. The molecule has 0 aliphatic heterocycles. The molecular weight excluding hydrogens is 286 g/mol. The predicted molar refractivity (Wildman–Crippen MR) is 94.4 cm³/mol. The SMILES string of the molecule is COc1ccc(C(=O)Nc2cccc(C)c2C)c2ccccc12. The van der Waals surface area contributed by atoms with E-state index in [0.29, 0.717) is 5.56 Å². The van der Waals surface area contributed by atoms with Crippen molar-refractivity contribution in [3.8, 4) is 5.75 Å². The second-order valence-electron chi connectivity index (χ2n) is 5.56. The van der Waals surface area contributed by atoms with Gasteiger partial charge in [0.2, 0.25) is 0 Å². The van der Waals surface area contributed by atoms with Gasteiger partial charge in [-0.05, 0) is 48.6 Å². The summed E-state index contributed by atoms with van der Waals surface area (Å²) in [6, 6.07) is 17.3. The lowest BCUT2D eigenvalue weighted by atomic mass is 10.0. The van der Waals surface area contributed by atoms with Crippen LogP contribution in [0.1, 0.15) is 21.5 Å². The van der Waals surface area contributed by atoms with Gasteiger partial charge in [0, 0.05) is 16.6 Å². The Morgan fingerprint density at radius 3 is 2.39 bits per heavy atom. The summed E-state index contributed by atoms with van der Waals surface area (Å²) in [7, 11) is 1.64. The van der Waals surface area contributed by atoms with Crippen LogP contribution in [0.5, 0.6) is 5.75 Å². The lowest BCUT2D eigenvalue weighted by molar-refractivity contribution is 0.102. The van der Waals surface area contributed by atoms with E-state index in [0.717, 1.165) is 33.3 Å². The molecule has 3 nitrogen and oxygen atoms in total. The normalized spacial score (nSPS) is 10.6. The number of hydrogen-bond acceptors (Lipinski definition) is 2. The average molecular weight is 305 g/mol. The van der Waals surface area contributed by atoms with Crippen LogP contribution in [-0.4, -0.2) is 13.0 Å². The van der Waals surface area contributed by atoms with Gasteiger partial charge in [-0.2, -0.15) is 0 Å². The molecule has 3 heteroatoms. The minimum absolute atomic E-state index is 0.113. The van der Waals surface area contributed by atoms with E-state index in [9.17, 15) is 4.79 Å². The van der Waals surface area contributed by atoms with E-state index in [1.54, 1.807) is 7.11 Å². The fourth-order valence-corrected chi connectivity index (χ4v) is 2.72. The molecule has 3 rings (SSSR count). The minimum atomic E-state index is -0.113. The van der Waals surface area contributed by atoms with Gasteiger partial charge in [0.15, 0.2) is 0 Å². The smallest absolute Gasteiger partial charge is 0.256 e. The van der Waals surface area contributed by atoms with Crippen LogP contribution in [0.3, 0.4) is 0 Å². The molecule has 0 aliphatic rings. The molecule has 0 unspecified atom stereocenters. The molecule has 23 heavy (non-hydrogen) atoms. The van der Waals surface area contributed by atoms with Crippen molar-refractivity contribution in [2.24, 2.45) is 0 Å². The summed E-state index contributed by atoms with van der Waals surface area (Å²) in [4.78, 5) is 12.7. The zero-order chi connectivity index (χ0) is 16.4. The highest BCUT2D eigenvalue weighted by atomic mass is 16.5. The van der Waals surface area contributed by atoms with E-state index >= 15 is 0 Å². The first kappa shape index (κ1) is 15.1. The molecule has 0 fully saturated rings. The lowest BCUT2D eigenvalue weighted by Gasteiger charge is -2.13. The first-order chi connectivity index (χ1) is 11.1. The van der Waals surface area contributed by atoms with Crippen molar-refractivity contribution in [1.29, 1.82) is 0 Å². The highest BCUT2D eigenvalue weighted by molar-refractivity contribution is 6.14. The number of fused-ring (bicyclic) bond motifs is 1. The number of amides is 1. The number of anilines is 1. The summed E-state index contributed by atoms with van der Waals surface area (Å²) in [5.41, 5.74) is 3.72. The van der Waals surface area contributed by atoms with Gasteiger partial charge in [-0.1, -0.05) is 36.4 Å². The Hall–Kier alpha value is -2.81. The molecule has 0 atom stereocenters. The van der Waals surface area contributed by atoms with Gasteiger partial charge in [-0.25, -0.2) is 0 Å². The minimum Gasteiger partial charge on any atom is -0.496 e. The van der Waals surface area contributed by atoms with Crippen LogP contribution in [0.2, 0.25) is 0 Å². The Bertz CT molecular complexity index is 884. The predicted octanol–water partition coefficient (Wildman–Crippen LogP) is 4.72. The van der Waals surface area contributed by atoms with Crippen LogP contribution in [0.25, 0.3) is 10.8 Å². The van der Waals surface area contributed by atoms with Crippen molar-refractivity contribution < 1.29 is 9.53 Å². The van der Waals surface area contributed by atoms with E-state index in [4.69, 9.17) is 4.74 Å². The Morgan fingerprint density at radius 1 is 0.913 bits per heavy atom.